The Morgan fingerprint density at radius 3 is 1.50 bits per heavy atom. The van der Waals surface area contributed by atoms with Crippen LogP contribution in [0.3, 0.4) is 0 Å². The number of carbonyl (C=O) groups excluding carboxylic acids is 15. The summed E-state index contributed by atoms with van der Waals surface area (Å²) in [4.78, 5) is 224. The van der Waals surface area contributed by atoms with Gasteiger partial charge in [0.2, 0.25) is 88.6 Å². The predicted octanol–water partition coefficient (Wildman–Crippen LogP) is -4.26. The van der Waals surface area contributed by atoms with Gasteiger partial charge in [-0.2, -0.15) is 0 Å². The summed E-state index contributed by atoms with van der Waals surface area (Å²) in [5.74, 6) is -17.3. The maximum Gasteiger partial charge on any atom is 0.303 e. The number of amides is 15. The second-order valence-electron chi connectivity index (χ2n) is 29.4. The van der Waals surface area contributed by atoms with E-state index in [1.54, 1.807) is 72.0 Å². The molecule has 0 bridgehead atoms. The van der Waals surface area contributed by atoms with E-state index in [1.165, 1.54) is 20.8 Å². The molecule has 0 aliphatic rings. The number of H-pyrrole nitrogens is 1. The lowest BCUT2D eigenvalue weighted by Crippen LogP contribution is -2.61. The van der Waals surface area contributed by atoms with Crippen LogP contribution in [0.4, 0.5) is 0 Å². The molecule has 0 aliphatic carbocycles. The molecule has 2 aromatic rings. The van der Waals surface area contributed by atoms with Crippen LogP contribution in [0.25, 0.3) is 10.9 Å². The van der Waals surface area contributed by atoms with Gasteiger partial charge in [-0.05, 0) is 106 Å². The third kappa shape index (κ3) is 35.8. The number of aliphatic imine (C=N–C) groups is 1. The number of guanidine groups is 1. The van der Waals surface area contributed by atoms with Gasteiger partial charge < -0.3 is 113 Å². The number of fused-ring (bicyclic) bond motifs is 1. The Labute approximate surface area is 635 Å². The number of quaternary nitrogens is 1. The van der Waals surface area contributed by atoms with E-state index in [0.29, 0.717) is 46.8 Å². The minimum absolute atomic E-state index is 0.0423. The van der Waals surface area contributed by atoms with Gasteiger partial charge in [0, 0.05) is 49.8 Å². The maximum atomic E-state index is 14.5. The Kier molecular flexibility index (Phi) is 41.0. The number of carbonyl (C=O) groups is 16. The molecule has 1 aromatic heterocycles. The lowest BCUT2D eigenvalue weighted by molar-refractivity contribution is -0.870. The number of carboxylic acids is 1. The number of primary amides is 3. The molecule has 0 saturated carbocycles. The van der Waals surface area contributed by atoms with Crippen molar-refractivity contribution in [1.82, 2.24) is 68.8 Å². The Morgan fingerprint density at radius 1 is 0.505 bits per heavy atom. The molecule has 0 fully saturated rings. The van der Waals surface area contributed by atoms with Gasteiger partial charge in [-0.15, -0.1) is 0 Å². The van der Waals surface area contributed by atoms with Crippen molar-refractivity contribution >= 4 is 111 Å². The quantitative estimate of drug-likeness (QED) is 0.0129. The standard InChI is InChI=1S/C71H119N21O17/c1-13-40(8)59(70(109)87-50(32-37(2)3)66(105)83-45(60(75)99)25-27-53(73)94)91-64(103)48(22-16-17-31-92(10,11)12)84-63(102)47(23-18-29-72)82-55(96)36-80-61(100)52(34-54(74)95)88-69(108)58(39(6)7)89-65(104)49(26-28-56(97)98)85-68(107)57(38(4)5)90-67(106)51(33-42-35-79-44-21-15-14-20-43(42)44)86-62(101)46(81-41(9)93)24-19-30-78-71(76)77/h14-15,20-21,35,37-40,45-52,57-59,79H,13,16-19,22-34,36,72H2,1-12H3,(H22-,73,74,75,76,77,78,80,81,82,83,84,85,86,87,88,89,90,91,93,94,95,96,97,98,99,100,101,102,103,104,105,106,107,108,109)/p+1/t40-,45-,46-,47-,48-,49-,50-,51-,52-,57-,58-,59-/m0/s1. The number of hydrogen-bond donors (Lipinski definition) is 20. The summed E-state index contributed by atoms with van der Waals surface area (Å²) in [5.41, 5.74) is 34.4. The average Bonchev–Trinajstić information content (AvgIpc) is 1.71. The summed E-state index contributed by atoms with van der Waals surface area (Å²) >= 11 is 0. The lowest BCUT2D eigenvalue weighted by Gasteiger charge is -2.30. The van der Waals surface area contributed by atoms with Crippen LogP contribution in [-0.2, 0) is 83.1 Å². The molecule has 38 heteroatoms. The second-order valence-corrected chi connectivity index (χ2v) is 29.4. The Morgan fingerprint density at radius 2 is 0.972 bits per heavy atom. The molecule has 1 aromatic carbocycles. The van der Waals surface area contributed by atoms with Gasteiger partial charge in [-0.1, -0.05) is 80.0 Å². The molecule has 0 aliphatic heterocycles. The number of nitrogens with one attached hydrogen (secondary N) is 13. The molecule has 15 amide bonds. The zero-order chi connectivity index (χ0) is 82.6. The van der Waals surface area contributed by atoms with Gasteiger partial charge in [-0.25, -0.2) is 0 Å². The van der Waals surface area contributed by atoms with Crippen molar-refractivity contribution in [2.24, 2.45) is 63.1 Å². The minimum atomic E-state index is -1.81. The topological polar surface area (TPSA) is 622 Å². The molecule has 0 unspecified atom stereocenters. The molecule has 0 saturated heterocycles. The first kappa shape index (κ1) is 94.6. The molecule has 2 rings (SSSR count). The maximum absolute atomic E-state index is 14.5. The highest BCUT2D eigenvalue weighted by Crippen LogP contribution is 2.21. The van der Waals surface area contributed by atoms with E-state index in [4.69, 9.17) is 34.4 Å². The van der Waals surface area contributed by atoms with Crippen molar-refractivity contribution in [3.63, 3.8) is 0 Å². The van der Waals surface area contributed by atoms with Crippen molar-refractivity contribution < 1.29 is 86.3 Å². The number of unbranched alkanes of at least 4 members (excludes halogenated alkanes) is 1. The van der Waals surface area contributed by atoms with Crippen molar-refractivity contribution in [3.05, 3.63) is 36.0 Å². The highest BCUT2D eigenvalue weighted by atomic mass is 16.4. The molecule has 1 heterocycles. The summed E-state index contributed by atoms with van der Waals surface area (Å²) in [6, 6.07) is -8.53. The van der Waals surface area contributed by atoms with E-state index in [-0.39, 0.29) is 82.8 Å². The van der Waals surface area contributed by atoms with E-state index in [1.807, 2.05) is 21.1 Å². The number of benzene rings is 1. The fourth-order valence-electron chi connectivity index (χ4n) is 11.4. The number of aliphatic carboxylic acids is 1. The summed E-state index contributed by atoms with van der Waals surface area (Å²) in [5, 5.41) is 41.2. The summed E-state index contributed by atoms with van der Waals surface area (Å²) < 4.78 is 0.570. The van der Waals surface area contributed by atoms with Crippen LogP contribution in [0.2, 0.25) is 0 Å². The third-order valence-electron chi connectivity index (χ3n) is 17.6. The summed E-state index contributed by atoms with van der Waals surface area (Å²) in [7, 11) is 5.91. The normalized spacial score (nSPS) is 14.7. The van der Waals surface area contributed by atoms with Crippen LogP contribution >= 0.6 is 0 Å². The van der Waals surface area contributed by atoms with Crippen LogP contribution in [0, 0.1) is 23.7 Å². The van der Waals surface area contributed by atoms with E-state index in [0.717, 1.165) is 0 Å². The zero-order valence-corrected chi connectivity index (χ0v) is 64.8. The zero-order valence-electron chi connectivity index (χ0n) is 64.8. The summed E-state index contributed by atoms with van der Waals surface area (Å²) in [6.45, 7) is 14.3. The largest absolute Gasteiger partial charge is 0.481 e. The van der Waals surface area contributed by atoms with Gasteiger partial charge in [0.05, 0.1) is 40.7 Å². The van der Waals surface area contributed by atoms with E-state index >= 15 is 0 Å². The number of aromatic amines is 1. The van der Waals surface area contributed by atoms with Gasteiger partial charge in [0.1, 0.15) is 66.5 Å². The number of nitrogens with two attached hydrogens (primary N) is 6. The average molecular weight is 1540 g/mol. The van der Waals surface area contributed by atoms with Crippen LogP contribution in [0.5, 0.6) is 0 Å². The monoisotopic (exact) mass is 1540 g/mol. The van der Waals surface area contributed by atoms with Crippen LogP contribution in [0.1, 0.15) is 158 Å². The highest BCUT2D eigenvalue weighted by Gasteiger charge is 2.39. The molecular weight excluding hydrogens is 1420 g/mol. The number of carboxylic acid groups (broad SMARTS) is 1. The van der Waals surface area contributed by atoms with Crippen molar-refractivity contribution in [2.75, 3.05) is 47.3 Å². The minimum Gasteiger partial charge on any atom is -0.481 e. The van der Waals surface area contributed by atoms with Crippen LogP contribution in [-0.4, -0.2) is 229 Å². The molecule has 0 radical (unpaired) electrons. The smallest absolute Gasteiger partial charge is 0.303 e. The molecule has 0 spiro atoms. The first-order chi connectivity index (χ1) is 51.0. The number of hydrogen-bond acceptors (Lipinski definition) is 18. The molecule has 26 N–H and O–H groups in total. The first-order valence-corrected chi connectivity index (χ1v) is 36.7. The molecule has 109 heavy (non-hydrogen) atoms. The van der Waals surface area contributed by atoms with Crippen molar-refractivity contribution in [3.8, 4) is 0 Å². The third-order valence-corrected chi connectivity index (χ3v) is 17.6. The number of aromatic nitrogens is 1. The molecule has 38 nitrogen and oxygen atoms in total. The van der Waals surface area contributed by atoms with Gasteiger partial charge >= 0.3 is 5.97 Å². The fourth-order valence-corrected chi connectivity index (χ4v) is 11.4. The first-order valence-electron chi connectivity index (χ1n) is 36.7. The predicted molar refractivity (Wildman–Crippen MR) is 404 cm³/mol. The van der Waals surface area contributed by atoms with Gasteiger partial charge in [-0.3, -0.25) is 81.7 Å². The molecule has 610 valence electrons. The SMILES string of the molecule is CC[C@H](C)[C@H](NC(=O)[C@H](CCCC[N+](C)(C)C)NC(=O)[C@H](CCCN)NC(=O)CNC(=O)[C@H](CC(N)=O)NC(=O)[C@@H](NC(=O)[C@H](CCC(=O)O)NC(=O)[C@@H](NC(=O)[C@H](Cc1c[nH]c2ccccc12)NC(=O)[C@H](CCCN=C(N)N)NC(C)=O)C(C)C)C(C)C)C(=O)N[C@@H](CC(C)C)C(=O)N[C@@H](CCC(N)=O)C(N)=O. The Hall–Kier alpha value is -10.5. The highest BCUT2D eigenvalue weighted by molar-refractivity contribution is 6.00. The van der Waals surface area contributed by atoms with Gasteiger partial charge in [0.15, 0.2) is 5.96 Å². The van der Waals surface area contributed by atoms with Crippen molar-refractivity contribution in [1.29, 1.82) is 0 Å². The van der Waals surface area contributed by atoms with Gasteiger partial charge in [0.25, 0.3) is 0 Å². The molecular formula is C71H120N21O17+. The number of rotatable bonds is 52. The fraction of sp³-hybridized carbons (Fsp3) is 0.648. The van der Waals surface area contributed by atoms with E-state index in [2.05, 4.69) is 73.8 Å². The Bertz CT molecular complexity index is 3480. The molecule has 12 atom stereocenters. The van der Waals surface area contributed by atoms with Crippen LogP contribution in [0.15, 0.2) is 35.5 Å². The Balaban J connectivity index is 2.44. The van der Waals surface area contributed by atoms with E-state index < -0.39 is 205 Å². The number of para-hydroxylation sites is 1. The summed E-state index contributed by atoms with van der Waals surface area (Å²) in [6.07, 6.45) is 0.760. The van der Waals surface area contributed by atoms with Crippen molar-refractivity contribution in [2.45, 2.75) is 225 Å². The van der Waals surface area contributed by atoms with E-state index in [9.17, 15) is 81.8 Å². The lowest BCUT2D eigenvalue weighted by atomic mass is 9.96. The number of nitrogens with zero attached hydrogens (tertiary/aromatic N) is 2. The van der Waals surface area contributed by atoms with Crippen LogP contribution < -0.4 is 98.2 Å². The second kappa shape index (κ2) is 47.3.